The second-order valence-electron chi connectivity index (χ2n) is 4.59. The van der Waals surface area contributed by atoms with Crippen molar-refractivity contribution in [1.29, 1.82) is 0 Å². The molecule has 0 aliphatic heterocycles. The molecule has 0 aliphatic carbocycles. The van der Waals surface area contributed by atoms with Crippen LogP contribution in [0.2, 0.25) is 0 Å². The summed E-state index contributed by atoms with van der Waals surface area (Å²) in [5.41, 5.74) is 3.21. The average Bonchev–Trinajstić information content (AvgIpc) is 2.40. The molecule has 94 valence electrons. The predicted octanol–water partition coefficient (Wildman–Crippen LogP) is 2.69. The molecule has 2 unspecified atom stereocenters. The van der Waals surface area contributed by atoms with Gasteiger partial charge in [-0.2, -0.15) is 0 Å². The Kier molecular flexibility index (Phi) is 4.13. The molecule has 2 aromatic carbocycles. The molecule has 0 aromatic heterocycles. The Balaban J connectivity index is 2.09. The molecule has 0 saturated heterocycles. The second kappa shape index (κ2) is 5.80. The van der Waals surface area contributed by atoms with Crippen molar-refractivity contribution in [2.45, 2.75) is 25.6 Å². The van der Waals surface area contributed by atoms with E-state index in [9.17, 15) is 10.2 Å². The second-order valence-corrected chi connectivity index (χ2v) is 4.59. The lowest BCUT2D eigenvalue weighted by Crippen LogP contribution is -2.13. The molecule has 18 heavy (non-hydrogen) atoms. The molecule has 0 spiro atoms. The zero-order valence-corrected chi connectivity index (χ0v) is 10.5. The van der Waals surface area contributed by atoms with Crippen LogP contribution in [0.1, 0.15) is 29.7 Å². The average molecular weight is 242 g/mol. The van der Waals surface area contributed by atoms with Gasteiger partial charge in [0.2, 0.25) is 0 Å². The molecule has 0 bridgehead atoms. The van der Waals surface area contributed by atoms with Crippen LogP contribution in [0.4, 0.5) is 0 Å². The Hall–Kier alpha value is -1.64. The molecule has 2 atom stereocenters. The van der Waals surface area contributed by atoms with Crippen LogP contribution in [-0.4, -0.2) is 16.3 Å². The molecule has 0 saturated carbocycles. The van der Waals surface area contributed by atoms with Crippen molar-refractivity contribution in [2.24, 2.45) is 0 Å². The molecule has 2 N–H and O–H groups in total. The van der Waals surface area contributed by atoms with Crippen molar-refractivity contribution in [3.63, 3.8) is 0 Å². The normalized spacial score (nSPS) is 14.2. The standard InChI is InChI=1S/C16H18O2/c1-12(17)16(18)15-9-7-14(8-10-15)11-13-5-3-2-4-6-13/h2-10,12,16-18H,11H2,1H3. The van der Waals surface area contributed by atoms with Gasteiger partial charge in [0.15, 0.2) is 0 Å². The van der Waals surface area contributed by atoms with E-state index in [1.807, 2.05) is 42.5 Å². The zero-order chi connectivity index (χ0) is 13.0. The van der Waals surface area contributed by atoms with Crippen LogP contribution in [0.5, 0.6) is 0 Å². The van der Waals surface area contributed by atoms with Gasteiger partial charge in [-0.3, -0.25) is 0 Å². The molecular formula is C16H18O2. The Labute approximate surface area is 108 Å². The highest BCUT2D eigenvalue weighted by atomic mass is 16.3. The molecule has 0 amide bonds. The summed E-state index contributed by atoms with van der Waals surface area (Å²) in [6.07, 6.45) is -0.674. The minimum Gasteiger partial charge on any atom is -0.390 e. The van der Waals surface area contributed by atoms with Crippen molar-refractivity contribution in [2.75, 3.05) is 0 Å². The van der Waals surface area contributed by atoms with E-state index >= 15 is 0 Å². The van der Waals surface area contributed by atoms with Crippen LogP contribution in [0.3, 0.4) is 0 Å². The third kappa shape index (κ3) is 3.19. The number of benzene rings is 2. The van der Waals surface area contributed by atoms with Crippen LogP contribution in [0.15, 0.2) is 54.6 Å². The van der Waals surface area contributed by atoms with Gasteiger partial charge in [0.05, 0.1) is 6.10 Å². The number of rotatable bonds is 4. The van der Waals surface area contributed by atoms with E-state index in [-0.39, 0.29) is 0 Å². The van der Waals surface area contributed by atoms with Gasteiger partial charge in [0, 0.05) is 0 Å². The van der Waals surface area contributed by atoms with E-state index in [1.54, 1.807) is 6.92 Å². The lowest BCUT2D eigenvalue weighted by atomic mass is 10.0. The van der Waals surface area contributed by atoms with Crippen molar-refractivity contribution in [1.82, 2.24) is 0 Å². The highest BCUT2D eigenvalue weighted by Gasteiger charge is 2.12. The first-order chi connectivity index (χ1) is 8.66. The van der Waals surface area contributed by atoms with Gasteiger partial charge in [-0.1, -0.05) is 54.6 Å². The molecule has 0 heterocycles. The van der Waals surface area contributed by atoms with Crippen molar-refractivity contribution < 1.29 is 10.2 Å². The van der Waals surface area contributed by atoms with E-state index in [0.29, 0.717) is 0 Å². The summed E-state index contributed by atoms with van der Waals surface area (Å²) in [6.45, 7) is 1.59. The van der Waals surface area contributed by atoms with Gasteiger partial charge in [-0.15, -0.1) is 0 Å². The monoisotopic (exact) mass is 242 g/mol. The molecule has 2 heteroatoms. The van der Waals surface area contributed by atoms with Gasteiger partial charge < -0.3 is 10.2 Å². The van der Waals surface area contributed by atoms with Gasteiger partial charge in [0.1, 0.15) is 6.10 Å². The first kappa shape index (κ1) is 12.8. The highest BCUT2D eigenvalue weighted by Crippen LogP contribution is 2.18. The van der Waals surface area contributed by atoms with Crippen LogP contribution in [0, 0.1) is 0 Å². The van der Waals surface area contributed by atoms with Crippen LogP contribution in [0.25, 0.3) is 0 Å². The van der Waals surface area contributed by atoms with Crippen molar-refractivity contribution in [3.8, 4) is 0 Å². The summed E-state index contributed by atoms with van der Waals surface area (Å²) in [5.74, 6) is 0. The number of hydrogen-bond donors (Lipinski definition) is 2. The highest BCUT2D eigenvalue weighted by molar-refractivity contribution is 5.29. The Morgan fingerprint density at radius 2 is 1.39 bits per heavy atom. The van der Waals surface area contributed by atoms with Crippen molar-refractivity contribution in [3.05, 3.63) is 71.3 Å². The van der Waals surface area contributed by atoms with E-state index < -0.39 is 12.2 Å². The van der Waals surface area contributed by atoms with Gasteiger partial charge >= 0.3 is 0 Å². The summed E-state index contributed by atoms with van der Waals surface area (Å²) >= 11 is 0. The lowest BCUT2D eigenvalue weighted by molar-refractivity contribution is 0.0305. The minimum atomic E-state index is -0.809. The van der Waals surface area contributed by atoms with E-state index in [0.717, 1.165) is 12.0 Å². The molecule has 2 aromatic rings. The summed E-state index contributed by atoms with van der Waals surface area (Å²) in [5, 5.41) is 19.1. The summed E-state index contributed by atoms with van der Waals surface area (Å²) in [4.78, 5) is 0. The van der Waals surface area contributed by atoms with Gasteiger partial charge in [0.25, 0.3) is 0 Å². The fourth-order valence-corrected chi connectivity index (χ4v) is 1.94. The molecule has 2 rings (SSSR count). The molecule has 2 nitrogen and oxygen atoms in total. The zero-order valence-electron chi connectivity index (χ0n) is 10.5. The predicted molar refractivity (Wildman–Crippen MR) is 72.3 cm³/mol. The topological polar surface area (TPSA) is 40.5 Å². The maximum atomic E-state index is 9.73. The van der Waals surface area contributed by atoms with Gasteiger partial charge in [-0.05, 0) is 30.0 Å². The molecular weight excluding hydrogens is 224 g/mol. The van der Waals surface area contributed by atoms with Crippen molar-refractivity contribution >= 4 is 0 Å². The first-order valence-electron chi connectivity index (χ1n) is 6.15. The van der Waals surface area contributed by atoms with E-state index in [2.05, 4.69) is 12.1 Å². The smallest absolute Gasteiger partial charge is 0.105 e. The third-order valence-electron chi connectivity index (χ3n) is 3.03. The maximum Gasteiger partial charge on any atom is 0.105 e. The Morgan fingerprint density at radius 3 is 1.94 bits per heavy atom. The largest absolute Gasteiger partial charge is 0.390 e. The fourth-order valence-electron chi connectivity index (χ4n) is 1.94. The number of aliphatic hydroxyl groups is 2. The number of aliphatic hydroxyl groups excluding tert-OH is 2. The van der Waals surface area contributed by atoms with Crippen LogP contribution in [-0.2, 0) is 6.42 Å². The molecule has 0 fully saturated rings. The molecule has 0 aliphatic rings. The Bertz CT molecular complexity index is 474. The maximum absolute atomic E-state index is 9.73. The lowest BCUT2D eigenvalue weighted by Gasteiger charge is -2.14. The van der Waals surface area contributed by atoms with Crippen LogP contribution >= 0.6 is 0 Å². The minimum absolute atomic E-state index is 0.745. The van der Waals surface area contributed by atoms with Crippen LogP contribution < -0.4 is 0 Å². The van der Waals surface area contributed by atoms with E-state index in [1.165, 1.54) is 11.1 Å². The third-order valence-corrected chi connectivity index (χ3v) is 3.03. The SMILES string of the molecule is CC(O)C(O)c1ccc(Cc2ccccc2)cc1. The first-order valence-corrected chi connectivity index (χ1v) is 6.15. The summed E-state index contributed by atoms with van der Waals surface area (Å²) in [6, 6.07) is 18.0. The summed E-state index contributed by atoms with van der Waals surface area (Å²) in [7, 11) is 0. The van der Waals surface area contributed by atoms with E-state index in [4.69, 9.17) is 0 Å². The number of hydrogen-bond acceptors (Lipinski definition) is 2. The quantitative estimate of drug-likeness (QED) is 0.865. The Morgan fingerprint density at radius 1 is 0.833 bits per heavy atom. The van der Waals surface area contributed by atoms with Gasteiger partial charge in [-0.25, -0.2) is 0 Å². The fraction of sp³-hybridized carbons (Fsp3) is 0.250. The summed E-state index contributed by atoms with van der Waals surface area (Å²) < 4.78 is 0. The molecule has 0 radical (unpaired) electrons.